The fourth-order valence-corrected chi connectivity index (χ4v) is 3.16. The molecule has 0 aliphatic rings. The third-order valence-electron chi connectivity index (χ3n) is 2.88. The molecule has 2 N–H and O–H groups in total. The van der Waals surface area contributed by atoms with Crippen LogP contribution in [0.15, 0.2) is 54.1 Å². The Bertz CT molecular complexity index is 792. The van der Waals surface area contributed by atoms with E-state index in [0.717, 1.165) is 0 Å². The summed E-state index contributed by atoms with van der Waals surface area (Å²) in [5.74, 6) is 1.03. The van der Waals surface area contributed by atoms with Gasteiger partial charge in [-0.15, -0.1) is 6.58 Å². The van der Waals surface area contributed by atoms with Crippen molar-refractivity contribution in [3.05, 3.63) is 54.2 Å². The van der Waals surface area contributed by atoms with Crippen LogP contribution >= 0.6 is 11.6 Å². The first-order chi connectivity index (χ1) is 11.0. The summed E-state index contributed by atoms with van der Waals surface area (Å²) in [4.78, 5) is 4.15. The van der Waals surface area contributed by atoms with E-state index >= 15 is 0 Å². The first-order valence-electron chi connectivity index (χ1n) is 6.63. The Balaban J connectivity index is 2.17. The molecular formula is C15H16ClN3O3S. The minimum absolute atomic E-state index is 0.0390. The van der Waals surface area contributed by atoms with Crippen LogP contribution in [-0.4, -0.2) is 27.1 Å². The van der Waals surface area contributed by atoms with E-state index in [-0.39, 0.29) is 9.92 Å². The Labute approximate surface area is 140 Å². The largest absolute Gasteiger partial charge is 0.495 e. The molecule has 0 spiro atoms. The van der Waals surface area contributed by atoms with Crippen LogP contribution < -0.4 is 14.8 Å². The molecule has 23 heavy (non-hydrogen) atoms. The number of sulfonamides is 1. The van der Waals surface area contributed by atoms with Gasteiger partial charge in [-0.1, -0.05) is 17.7 Å². The number of pyridine rings is 1. The molecule has 8 heteroatoms. The van der Waals surface area contributed by atoms with Crippen molar-refractivity contribution in [2.75, 3.05) is 23.7 Å². The highest BCUT2D eigenvalue weighted by Crippen LogP contribution is 2.27. The number of rotatable bonds is 7. The number of nitrogens with zero attached hydrogens (tertiary/aromatic N) is 1. The second-order valence-electron chi connectivity index (χ2n) is 4.50. The Hall–Kier alpha value is -2.25. The van der Waals surface area contributed by atoms with Crippen LogP contribution in [-0.2, 0) is 10.0 Å². The molecule has 0 aliphatic carbocycles. The SMILES string of the molecule is C=CCNc1ccc(NS(=O)(=O)c2ccc(OC)c(Cl)c2)cn1. The predicted molar refractivity (Wildman–Crippen MR) is 91.7 cm³/mol. The van der Waals surface area contributed by atoms with Gasteiger partial charge in [0, 0.05) is 6.54 Å². The third-order valence-corrected chi connectivity index (χ3v) is 4.55. The summed E-state index contributed by atoms with van der Waals surface area (Å²) in [6.45, 7) is 4.16. The first-order valence-corrected chi connectivity index (χ1v) is 8.49. The summed E-state index contributed by atoms with van der Waals surface area (Å²) in [5.41, 5.74) is 0.348. The van der Waals surface area contributed by atoms with Crippen LogP contribution in [0.25, 0.3) is 0 Å². The van der Waals surface area contributed by atoms with E-state index in [0.29, 0.717) is 23.8 Å². The monoisotopic (exact) mass is 353 g/mol. The van der Waals surface area contributed by atoms with Gasteiger partial charge in [0.1, 0.15) is 11.6 Å². The molecule has 0 aliphatic heterocycles. The fraction of sp³-hybridized carbons (Fsp3) is 0.133. The molecule has 2 aromatic rings. The molecule has 0 fully saturated rings. The summed E-state index contributed by atoms with van der Waals surface area (Å²) >= 11 is 5.96. The highest BCUT2D eigenvalue weighted by Gasteiger charge is 2.16. The Morgan fingerprint density at radius 2 is 2.13 bits per heavy atom. The van der Waals surface area contributed by atoms with Crippen LogP contribution in [0.3, 0.4) is 0 Å². The van der Waals surface area contributed by atoms with Gasteiger partial charge in [0.05, 0.1) is 28.9 Å². The van der Waals surface area contributed by atoms with Crippen molar-refractivity contribution in [3.8, 4) is 5.75 Å². The first kappa shape index (κ1) is 17.1. The van der Waals surface area contributed by atoms with Gasteiger partial charge < -0.3 is 10.1 Å². The average molecular weight is 354 g/mol. The van der Waals surface area contributed by atoms with E-state index in [1.807, 2.05) is 0 Å². The van der Waals surface area contributed by atoms with Crippen LogP contribution in [0.2, 0.25) is 5.02 Å². The normalized spacial score (nSPS) is 10.9. The van der Waals surface area contributed by atoms with E-state index in [1.165, 1.54) is 31.5 Å². The molecule has 122 valence electrons. The van der Waals surface area contributed by atoms with E-state index in [9.17, 15) is 8.42 Å². The summed E-state index contributed by atoms with van der Waals surface area (Å²) in [6, 6.07) is 7.53. The maximum atomic E-state index is 12.3. The minimum atomic E-state index is -3.76. The zero-order valence-electron chi connectivity index (χ0n) is 12.4. The number of methoxy groups -OCH3 is 1. The molecule has 1 aromatic carbocycles. The Morgan fingerprint density at radius 3 is 2.70 bits per heavy atom. The summed E-state index contributed by atoms with van der Waals surface area (Å²) in [7, 11) is -2.30. The van der Waals surface area contributed by atoms with Gasteiger partial charge in [-0.25, -0.2) is 13.4 Å². The molecule has 0 amide bonds. The number of hydrogen-bond acceptors (Lipinski definition) is 5. The molecule has 0 radical (unpaired) electrons. The van der Waals surface area contributed by atoms with Crippen molar-refractivity contribution in [3.63, 3.8) is 0 Å². The van der Waals surface area contributed by atoms with Gasteiger partial charge >= 0.3 is 0 Å². The average Bonchev–Trinajstić information content (AvgIpc) is 2.54. The quantitative estimate of drug-likeness (QED) is 0.747. The standard InChI is InChI=1S/C15H16ClN3O3S/c1-3-8-17-15-7-4-11(10-18-15)19-23(20,21)12-5-6-14(22-2)13(16)9-12/h3-7,9-10,19H,1,8H2,2H3,(H,17,18). The molecule has 1 heterocycles. The lowest BCUT2D eigenvalue weighted by molar-refractivity contribution is 0.414. The van der Waals surface area contributed by atoms with Gasteiger partial charge in [-0.2, -0.15) is 0 Å². The minimum Gasteiger partial charge on any atom is -0.495 e. The molecule has 2 rings (SSSR count). The number of nitrogens with one attached hydrogen (secondary N) is 2. The van der Waals surface area contributed by atoms with Crippen molar-refractivity contribution in [1.29, 1.82) is 0 Å². The third kappa shape index (κ3) is 4.37. The zero-order chi connectivity index (χ0) is 16.9. The van der Waals surface area contributed by atoms with E-state index in [2.05, 4.69) is 21.6 Å². The topological polar surface area (TPSA) is 80.3 Å². The second kappa shape index (κ2) is 7.34. The van der Waals surface area contributed by atoms with E-state index in [4.69, 9.17) is 16.3 Å². The zero-order valence-corrected chi connectivity index (χ0v) is 14.0. The second-order valence-corrected chi connectivity index (χ2v) is 6.59. The number of anilines is 2. The lowest BCUT2D eigenvalue weighted by atomic mass is 10.3. The molecule has 0 atom stereocenters. The van der Waals surface area contributed by atoms with Crippen molar-refractivity contribution in [1.82, 2.24) is 4.98 Å². The van der Waals surface area contributed by atoms with Gasteiger partial charge in [0.25, 0.3) is 10.0 Å². The van der Waals surface area contributed by atoms with Crippen LogP contribution in [0.1, 0.15) is 0 Å². The number of aromatic nitrogens is 1. The van der Waals surface area contributed by atoms with E-state index in [1.54, 1.807) is 18.2 Å². The molecule has 1 aromatic heterocycles. The van der Waals surface area contributed by atoms with Gasteiger partial charge in [0.15, 0.2) is 0 Å². The van der Waals surface area contributed by atoms with Gasteiger partial charge in [-0.05, 0) is 30.3 Å². The van der Waals surface area contributed by atoms with Crippen molar-refractivity contribution >= 4 is 33.1 Å². The van der Waals surface area contributed by atoms with Crippen molar-refractivity contribution in [2.45, 2.75) is 4.90 Å². The number of halogens is 1. The maximum absolute atomic E-state index is 12.3. The lowest BCUT2D eigenvalue weighted by Crippen LogP contribution is -2.13. The highest BCUT2D eigenvalue weighted by atomic mass is 35.5. The molecule has 0 unspecified atom stereocenters. The summed E-state index contributed by atoms with van der Waals surface area (Å²) < 4.78 is 32.1. The van der Waals surface area contributed by atoms with Crippen LogP contribution in [0, 0.1) is 0 Å². The molecular weight excluding hydrogens is 338 g/mol. The molecule has 6 nitrogen and oxygen atoms in total. The molecule has 0 bridgehead atoms. The van der Waals surface area contributed by atoms with Crippen LogP contribution in [0.5, 0.6) is 5.75 Å². The smallest absolute Gasteiger partial charge is 0.261 e. The van der Waals surface area contributed by atoms with Crippen LogP contribution in [0.4, 0.5) is 11.5 Å². The van der Waals surface area contributed by atoms with Gasteiger partial charge in [0.2, 0.25) is 0 Å². The Kier molecular flexibility index (Phi) is 5.46. The maximum Gasteiger partial charge on any atom is 0.261 e. The summed E-state index contributed by atoms with van der Waals surface area (Å²) in [6.07, 6.45) is 3.12. The highest BCUT2D eigenvalue weighted by molar-refractivity contribution is 7.92. The van der Waals surface area contributed by atoms with Crippen molar-refractivity contribution in [2.24, 2.45) is 0 Å². The fourth-order valence-electron chi connectivity index (χ4n) is 1.76. The van der Waals surface area contributed by atoms with Gasteiger partial charge in [-0.3, -0.25) is 4.72 Å². The number of hydrogen-bond donors (Lipinski definition) is 2. The lowest BCUT2D eigenvalue weighted by Gasteiger charge is -2.10. The Morgan fingerprint density at radius 1 is 1.35 bits per heavy atom. The number of ether oxygens (including phenoxy) is 1. The summed E-state index contributed by atoms with van der Waals surface area (Å²) in [5, 5.41) is 3.22. The van der Waals surface area contributed by atoms with E-state index < -0.39 is 10.0 Å². The predicted octanol–water partition coefficient (Wildman–Crippen LogP) is 3.14. The van der Waals surface area contributed by atoms with Crippen molar-refractivity contribution < 1.29 is 13.2 Å². The molecule has 0 saturated heterocycles. The number of benzene rings is 1. The molecule has 0 saturated carbocycles.